The van der Waals surface area contributed by atoms with Crippen molar-refractivity contribution in [3.63, 3.8) is 0 Å². The highest BCUT2D eigenvalue weighted by Crippen LogP contribution is 2.44. The van der Waals surface area contributed by atoms with Gasteiger partial charge in [-0.1, -0.05) is 43.7 Å². The van der Waals surface area contributed by atoms with Crippen molar-refractivity contribution in [2.24, 2.45) is 11.8 Å². The number of aromatic nitrogens is 1. The number of carbonyl (C=O) groups excluding carboxylic acids is 1. The summed E-state index contributed by atoms with van der Waals surface area (Å²) in [6.07, 6.45) is 4.49. The smallest absolute Gasteiger partial charge is 0.408 e. The minimum Gasteiger partial charge on any atom is -0.497 e. The summed E-state index contributed by atoms with van der Waals surface area (Å²) < 4.78 is 11.8. The van der Waals surface area contributed by atoms with Crippen molar-refractivity contribution in [3.8, 4) is 5.75 Å². The molecular weight excluding hydrogens is 438 g/mol. The van der Waals surface area contributed by atoms with Gasteiger partial charge in [-0.05, 0) is 68.0 Å². The van der Waals surface area contributed by atoms with Crippen LogP contribution >= 0.6 is 0 Å². The number of amides is 1. The molecule has 1 aromatic heterocycles. The molecule has 3 aliphatic heterocycles. The third kappa shape index (κ3) is 4.85. The number of hydrogen-bond donors (Lipinski definition) is 1. The number of nitrogens with one attached hydrogen (secondary N) is 1. The van der Waals surface area contributed by atoms with E-state index in [4.69, 9.17) is 9.47 Å². The summed E-state index contributed by atoms with van der Waals surface area (Å²) in [6.45, 7) is 6.40. The first-order valence-electron chi connectivity index (χ1n) is 12.8. The highest BCUT2D eigenvalue weighted by molar-refractivity contribution is 5.84. The van der Waals surface area contributed by atoms with Crippen LogP contribution in [0.4, 0.5) is 4.79 Å². The number of carbonyl (C=O) groups is 1. The minimum absolute atomic E-state index is 0.145. The molecule has 0 aliphatic carbocycles. The molecule has 2 bridgehead atoms. The standard InChI is InChI=1S/C29H35N3O3/c1-4-20-18-32-15-13-22(20)16-27(32)28(35-29(33)31-19(2)21-8-6-5-7-9-21)24-12-14-30-26-11-10-23(34-3)17-25(24)26/h5-12,14,17,19-20,22,27-28H,4,13,15-16,18H2,1-3H3,(H,31,33)/t19-,20-,22-,27-,28+/m0/s1. The van der Waals surface area contributed by atoms with Crippen LogP contribution < -0.4 is 10.1 Å². The van der Waals surface area contributed by atoms with Crippen LogP contribution in [0.2, 0.25) is 0 Å². The van der Waals surface area contributed by atoms with Crippen molar-refractivity contribution in [2.75, 3.05) is 20.2 Å². The van der Waals surface area contributed by atoms with Gasteiger partial charge in [0.05, 0.1) is 24.7 Å². The Bertz CT molecular complexity index is 1170. The van der Waals surface area contributed by atoms with Gasteiger partial charge in [-0.25, -0.2) is 4.79 Å². The van der Waals surface area contributed by atoms with Crippen molar-refractivity contribution in [3.05, 3.63) is 71.9 Å². The van der Waals surface area contributed by atoms with Crippen molar-refractivity contribution < 1.29 is 14.3 Å². The third-order valence-corrected chi connectivity index (χ3v) is 7.97. The Morgan fingerprint density at radius 2 is 2.03 bits per heavy atom. The quantitative estimate of drug-likeness (QED) is 0.463. The summed E-state index contributed by atoms with van der Waals surface area (Å²) in [5, 5.41) is 4.02. The van der Waals surface area contributed by atoms with Gasteiger partial charge in [-0.2, -0.15) is 0 Å². The summed E-state index contributed by atoms with van der Waals surface area (Å²) >= 11 is 0. The second-order valence-electron chi connectivity index (χ2n) is 9.90. The first-order chi connectivity index (χ1) is 17.1. The van der Waals surface area contributed by atoms with Gasteiger partial charge in [0.25, 0.3) is 0 Å². The van der Waals surface area contributed by atoms with Gasteiger partial charge in [0.2, 0.25) is 0 Å². The van der Waals surface area contributed by atoms with E-state index in [0.717, 1.165) is 53.2 Å². The summed E-state index contributed by atoms with van der Waals surface area (Å²) in [7, 11) is 1.67. The average Bonchev–Trinajstić information content (AvgIpc) is 2.91. The normalized spacial score (nSPS) is 25.1. The van der Waals surface area contributed by atoms with E-state index in [9.17, 15) is 4.79 Å². The molecule has 3 saturated heterocycles. The highest BCUT2D eigenvalue weighted by Gasteiger charge is 2.44. The fourth-order valence-electron chi connectivity index (χ4n) is 5.98. The monoisotopic (exact) mass is 473 g/mol. The molecule has 4 heterocycles. The number of nitrogens with zero attached hydrogens (tertiary/aromatic N) is 2. The van der Waals surface area contributed by atoms with Crippen LogP contribution in [0.3, 0.4) is 0 Å². The molecule has 184 valence electrons. The van der Waals surface area contributed by atoms with E-state index in [1.807, 2.05) is 67.7 Å². The lowest BCUT2D eigenvalue weighted by atomic mass is 9.72. The molecule has 6 heteroatoms. The Balaban J connectivity index is 1.47. The van der Waals surface area contributed by atoms with E-state index in [2.05, 4.69) is 22.1 Å². The molecule has 0 radical (unpaired) electrons. The van der Waals surface area contributed by atoms with Crippen molar-refractivity contribution in [1.82, 2.24) is 15.2 Å². The molecule has 6 nitrogen and oxygen atoms in total. The van der Waals surface area contributed by atoms with Crippen molar-refractivity contribution >= 4 is 17.0 Å². The van der Waals surface area contributed by atoms with Gasteiger partial charge in [0.15, 0.2) is 0 Å². The van der Waals surface area contributed by atoms with E-state index in [1.165, 1.54) is 12.8 Å². The molecule has 35 heavy (non-hydrogen) atoms. The van der Waals surface area contributed by atoms with Crippen LogP contribution in [0.1, 0.15) is 56.4 Å². The second-order valence-corrected chi connectivity index (χ2v) is 9.90. The van der Waals surface area contributed by atoms with Gasteiger partial charge >= 0.3 is 6.09 Å². The van der Waals surface area contributed by atoms with Gasteiger partial charge in [-0.3, -0.25) is 9.88 Å². The fourth-order valence-corrected chi connectivity index (χ4v) is 5.98. The summed E-state index contributed by atoms with van der Waals surface area (Å²) in [5.41, 5.74) is 2.91. The zero-order valence-corrected chi connectivity index (χ0v) is 20.8. The number of hydrogen-bond acceptors (Lipinski definition) is 5. The van der Waals surface area contributed by atoms with Gasteiger partial charge in [0, 0.05) is 23.7 Å². The average molecular weight is 474 g/mol. The maximum atomic E-state index is 13.2. The van der Waals surface area contributed by atoms with Crippen LogP contribution in [0.25, 0.3) is 10.9 Å². The largest absolute Gasteiger partial charge is 0.497 e. The van der Waals surface area contributed by atoms with Crippen molar-refractivity contribution in [2.45, 2.75) is 51.3 Å². The number of benzene rings is 2. The first-order valence-corrected chi connectivity index (χ1v) is 12.8. The topological polar surface area (TPSA) is 63.7 Å². The molecule has 3 aliphatic rings. The van der Waals surface area contributed by atoms with E-state index in [1.54, 1.807) is 7.11 Å². The lowest BCUT2D eigenvalue weighted by molar-refractivity contribution is -0.0607. The third-order valence-electron chi connectivity index (χ3n) is 7.97. The maximum Gasteiger partial charge on any atom is 0.408 e. The van der Waals surface area contributed by atoms with E-state index in [0.29, 0.717) is 5.92 Å². The molecule has 1 amide bonds. The Hall–Kier alpha value is -3.12. The molecule has 0 spiro atoms. The SMILES string of the molecule is CC[C@H]1CN2CC[C@H]1C[C@H]2[C@H](OC(=O)N[C@@H](C)c1ccccc1)c1ccnc2ccc(OC)cc12. The van der Waals surface area contributed by atoms with Gasteiger partial charge in [-0.15, -0.1) is 0 Å². The lowest BCUT2D eigenvalue weighted by Gasteiger charge is -2.51. The van der Waals surface area contributed by atoms with E-state index < -0.39 is 12.2 Å². The number of methoxy groups -OCH3 is 1. The lowest BCUT2D eigenvalue weighted by Crippen LogP contribution is -2.56. The Kier molecular flexibility index (Phi) is 6.91. The molecular formula is C29H35N3O3. The predicted molar refractivity (Wildman–Crippen MR) is 137 cm³/mol. The maximum absolute atomic E-state index is 13.2. The molecule has 1 unspecified atom stereocenters. The molecule has 0 saturated carbocycles. The predicted octanol–water partition coefficient (Wildman–Crippen LogP) is 5.89. The Morgan fingerprint density at radius 3 is 2.74 bits per heavy atom. The van der Waals surface area contributed by atoms with Crippen molar-refractivity contribution in [1.29, 1.82) is 0 Å². The van der Waals surface area contributed by atoms with Crippen LogP contribution in [0, 0.1) is 11.8 Å². The summed E-state index contributed by atoms with van der Waals surface area (Å²) in [5.74, 6) is 2.17. The van der Waals surface area contributed by atoms with Crippen LogP contribution in [0.15, 0.2) is 60.8 Å². The van der Waals surface area contributed by atoms with Crippen LogP contribution in [-0.2, 0) is 4.74 Å². The molecule has 6 atom stereocenters. The zero-order chi connectivity index (χ0) is 24.4. The Labute approximate surface area is 207 Å². The van der Waals surface area contributed by atoms with Gasteiger partial charge in [0.1, 0.15) is 11.9 Å². The number of ether oxygens (including phenoxy) is 2. The molecule has 6 rings (SSSR count). The molecule has 3 fully saturated rings. The first kappa shape index (κ1) is 23.6. The number of piperidine rings is 3. The zero-order valence-electron chi connectivity index (χ0n) is 20.8. The van der Waals surface area contributed by atoms with Crippen LogP contribution in [-0.4, -0.2) is 42.2 Å². The Morgan fingerprint density at radius 1 is 1.20 bits per heavy atom. The number of rotatable bonds is 7. The highest BCUT2D eigenvalue weighted by atomic mass is 16.6. The van der Waals surface area contributed by atoms with E-state index in [-0.39, 0.29) is 12.1 Å². The number of alkyl carbamates (subject to hydrolysis) is 1. The molecule has 3 aromatic rings. The number of fused-ring (bicyclic) bond motifs is 4. The molecule has 2 aromatic carbocycles. The van der Waals surface area contributed by atoms with E-state index >= 15 is 0 Å². The summed E-state index contributed by atoms with van der Waals surface area (Å²) in [4.78, 5) is 20.3. The minimum atomic E-state index is -0.395. The summed E-state index contributed by atoms with van der Waals surface area (Å²) in [6, 6.07) is 17.9. The second kappa shape index (κ2) is 10.2. The van der Waals surface area contributed by atoms with Crippen LogP contribution in [0.5, 0.6) is 5.75 Å². The number of pyridine rings is 1. The fraction of sp³-hybridized carbons (Fsp3) is 0.448. The molecule has 1 N–H and O–H groups in total. The van der Waals surface area contributed by atoms with Gasteiger partial charge < -0.3 is 14.8 Å².